The normalized spacial score (nSPS) is 10.3. The van der Waals surface area contributed by atoms with Gasteiger partial charge in [-0.15, -0.1) is 11.8 Å². The lowest BCUT2D eigenvalue weighted by Gasteiger charge is -2.08. The number of hydrogen-bond donors (Lipinski definition) is 2. The van der Waals surface area contributed by atoms with Gasteiger partial charge in [0.05, 0.1) is 5.75 Å². The highest BCUT2D eigenvalue weighted by Crippen LogP contribution is 2.22. The van der Waals surface area contributed by atoms with Crippen LogP contribution in [-0.2, 0) is 4.79 Å². The minimum atomic E-state index is -0.703. The maximum Gasteiger partial charge on any atom is 0.251 e. The zero-order valence-electron chi connectivity index (χ0n) is 12.9. The van der Waals surface area contributed by atoms with Gasteiger partial charge in [0, 0.05) is 28.8 Å². The summed E-state index contributed by atoms with van der Waals surface area (Å²) in [5.74, 6) is -1.98. The molecule has 2 aromatic carbocycles. The van der Waals surface area contributed by atoms with E-state index in [4.69, 9.17) is 0 Å². The number of thioether (sulfide) groups is 1. The van der Waals surface area contributed by atoms with Crippen LogP contribution in [0.3, 0.4) is 0 Å². The van der Waals surface area contributed by atoms with Crippen LogP contribution in [-0.4, -0.2) is 24.1 Å². The van der Waals surface area contributed by atoms with Crippen molar-refractivity contribution in [2.45, 2.75) is 11.8 Å². The Morgan fingerprint density at radius 2 is 1.92 bits per heavy atom. The van der Waals surface area contributed by atoms with Crippen molar-refractivity contribution in [1.29, 1.82) is 0 Å². The lowest BCUT2D eigenvalue weighted by atomic mass is 10.2. The van der Waals surface area contributed by atoms with Crippen LogP contribution >= 0.6 is 11.8 Å². The van der Waals surface area contributed by atoms with Gasteiger partial charge in [0.2, 0.25) is 5.91 Å². The van der Waals surface area contributed by atoms with Crippen LogP contribution in [0.2, 0.25) is 0 Å². The minimum Gasteiger partial charge on any atom is -0.352 e. The molecule has 2 amide bonds. The van der Waals surface area contributed by atoms with Gasteiger partial charge in [0.15, 0.2) is 0 Å². The predicted molar refractivity (Wildman–Crippen MR) is 90.2 cm³/mol. The van der Waals surface area contributed by atoms with Gasteiger partial charge >= 0.3 is 0 Å². The number of hydrogen-bond acceptors (Lipinski definition) is 3. The Kier molecular flexibility index (Phi) is 6.31. The van der Waals surface area contributed by atoms with Crippen molar-refractivity contribution in [1.82, 2.24) is 5.32 Å². The summed E-state index contributed by atoms with van der Waals surface area (Å²) in [7, 11) is 0. The van der Waals surface area contributed by atoms with Gasteiger partial charge in [0.25, 0.3) is 5.91 Å². The second kappa shape index (κ2) is 8.44. The molecule has 0 aliphatic heterocycles. The summed E-state index contributed by atoms with van der Waals surface area (Å²) in [6.45, 7) is 2.32. The minimum absolute atomic E-state index is 0.0338. The molecule has 0 heterocycles. The number of nitrogens with one attached hydrogen (secondary N) is 2. The van der Waals surface area contributed by atoms with E-state index in [1.165, 1.54) is 6.07 Å². The standard InChI is InChI=1S/C17H16F2N2O2S/c1-2-20-17(23)11-4-3-5-13(8-11)21-16(22)10-24-15-7-6-12(18)9-14(15)19/h3-9H,2,10H2,1H3,(H,20,23)(H,21,22). The van der Waals surface area contributed by atoms with E-state index in [9.17, 15) is 18.4 Å². The summed E-state index contributed by atoms with van der Waals surface area (Å²) in [6.07, 6.45) is 0. The smallest absolute Gasteiger partial charge is 0.251 e. The Labute approximate surface area is 142 Å². The van der Waals surface area contributed by atoms with Crippen LogP contribution in [0.1, 0.15) is 17.3 Å². The lowest BCUT2D eigenvalue weighted by Crippen LogP contribution is -2.23. The zero-order valence-corrected chi connectivity index (χ0v) is 13.8. The van der Waals surface area contributed by atoms with E-state index in [1.54, 1.807) is 24.3 Å². The molecule has 0 unspecified atom stereocenters. The summed E-state index contributed by atoms with van der Waals surface area (Å²) >= 11 is 0.969. The number of amides is 2. The van der Waals surface area contributed by atoms with E-state index in [0.717, 1.165) is 23.9 Å². The van der Waals surface area contributed by atoms with Crippen LogP contribution in [0.4, 0.5) is 14.5 Å². The fourth-order valence-corrected chi connectivity index (χ4v) is 2.65. The molecule has 2 aromatic rings. The van der Waals surface area contributed by atoms with Gasteiger partial charge in [-0.2, -0.15) is 0 Å². The highest BCUT2D eigenvalue weighted by atomic mass is 32.2. The first kappa shape index (κ1) is 17.9. The third-order valence-corrected chi connectivity index (χ3v) is 4.05. The second-order valence-electron chi connectivity index (χ2n) is 4.85. The van der Waals surface area contributed by atoms with Crippen LogP contribution in [0.5, 0.6) is 0 Å². The second-order valence-corrected chi connectivity index (χ2v) is 5.87. The van der Waals surface area contributed by atoms with Crippen molar-refractivity contribution in [2.75, 3.05) is 17.6 Å². The molecule has 126 valence electrons. The summed E-state index contributed by atoms with van der Waals surface area (Å²) in [6, 6.07) is 9.72. The molecule has 24 heavy (non-hydrogen) atoms. The monoisotopic (exact) mass is 350 g/mol. The topological polar surface area (TPSA) is 58.2 Å². The molecule has 0 saturated carbocycles. The molecule has 2 N–H and O–H groups in total. The van der Waals surface area contributed by atoms with Gasteiger partial charge in [0.1, 0.15) is 11.6 Å². The number of carbonyl (C=O) groups is 2. The van der Waals surface area contributed by atoms with E-state index in [0.29, 0.717) is 17.8 Å². The van der Waals surface area contributed by atoms with Crippen molar-refractivity contribution in [3.63, 3.8) is 0 Å². The van der Waals surface area contributed by atoms with Crippen LogP contribution in [0.25, 0.3) is 0 Å². The molecule has 0 aliphatic carbocycles. The van der Waals surface area contributed by atoms with Crippen LogP contribution < -0.4 is 10.6 Å². The molecule has 7 heteroatoms. The molecule has 0 spiro atoms. The lowest BCUT2D eigenvalue weighted by molar-refractivity contribution is -0.113. The van der Waals surface area contributed by atoms with Crippen LogP contribution in [0.15, 0.2) is 47.4 Å². The molecule has 0 radical (unpaired) electrons. The number of carbonyl (C=O) groups excluding carboxylic acids is 2. The fourth-order valence-electron chi connectivity index (χ4n) is 1.93. The Balaban J connectivity index is 1.95. The van der Waals surface area contributed by atoms with E-state index < -0.39 is 11.6 Å². The van der Waals surface area contributed by atoms with E-state index in [1.807, 2.05) is 6.92 Å². The number of rotatable bonds is 6. The first-order valence-electron chi connectivity index (χ1n) is 7.25. The van der Waals surface area contributed by atoms with Gasteiger partial charge in [-0.05, 0) is 37.3 Å². The number of anilines is 1. The summed E-state index contributed by atoms with van der Waals surface area (Å²) in [4.78, 5) is 23.9. The molecular formula is C17H16F2N2O2S. The van der Waals surface area contributed by atoms with E-state index in [2.05, 4.69) is 10.6 Å². The summed E-state index contributed by atoms with van der Waals surface area (Å²) < 4.78 is 26.3. The summed E-state index contributed by atoms with van der Waals surface area (Å²) in [5, 5.41) is 5.32. The number of halogens is 2. The molecule has 0 fully saturated rings. The van der Waals surface area contributed by atoms with Crippen LogP contribution in [0, 0.1) is 11.6 Å². The number of benzene rings is 2. The van der Waals surface area contributed by atoms with Gasteiger partial charge < -0.3 is 10.6 Å². The molecule has 0 aliphatic rings. The zero-order chi connectivity index (χ0) is 17.5. The third kappa shape index (κ3) is 5.06. The van der Waals surface area contributed by atoms with Crippen molar-refractivity contribution in [3.8, 4) is 0 Å². The first-order chi connectivity index (χ1) is 11.5. The maximum absolute atomic E-state index is 13.5. The average Bonchev–Trinajstić information content (AvgIpc) is 2.54. The first-order valence-corrected chi connectivity index (χ1v) is 8.24. The maximum atomic E-state index is 13.5. The van der Waals surface area contributed by atoms with Gasteiger partial charge in [-0.25, -0.2) is 8.78 Å². The molecule has 2 rings (SSSR count). The Morgan fingerprint density at radius 3 is 2.62 bits per heavy atom. The molecular weight excluding hydrogens is 334 g/mol. The van der Waals surface area contributed by atoms with E-state index in [-0.39, 0.29) is 22.5 Å². The Morgan fingerprint density at radius 1 is 1.12 bits per heavy atom. The molecule has 0 bridgehead atoms. The largest absolute Gasteiger partial charge is 0.352 e. The summed E-state index contributed by atoms with van der Waals surface area (Å²) in [5.41, 5.74) is 0.913. The van der Waals surface area contributed by atoms with Gasteiger partial charge in [-0.3, -0.25) is 9.59 Å². The van der Waals surface area contributed by atoms with Crippen molar-refractivity contribution >= 4 is 29.3 Å². The van der Waals surface area contributed by atoms with Gasteiger partial charge in [-0.1, -0.05) is 6.07 Å². The van der Waals surface area contributed by atoms with E-state index >= 15 is 0 Å². The molecule has 4 nitrogen and oxygen atoms in total. The quantitative estimate of drug-likeness (QED) is 0.785. The third-order valence-electron chi connectivity index (χ3n) is 3.00. The Bertz CT molecular complexity index is 753. The highest BCUT2D eigenvalue weighted by molar-refractivity contribution is 8.00. The van der Waals surface area contributed by atoms with Crippen molar-refractivity contribution in [3.05, 3.63) is 59.7 Å². The van der Waals surface area contributed by atoms with Crippen molar-refractivity contribution < 1.29 is 18.4 Å². The average molecular weight is 350 g/mol. The molecule has 0 saturated heterocycles. The Hall–Kier alpha value is -2.41. The fraction of sp³-hybridized carbons (Fsp3) is 0.176. The van der Waals surface area contributed by atoms with Crippen molar-refractivity contribution in [2.24, 2.45) is 0 Å². The highest BCUT2D eigenvalue weighted by Gasteiger charge is 2.10. The molecule has 0 aromatic heterocycles. The predicted octanol–water partition coefficient (Wildman–Crippen LogP) is 3.45. The molecule has 0 atom stereocenters. The SMILES string of the molecule is CCNC(=O)c1cccc(NC(=O)CSc2ccc(F)cc2F)c1.